The van der Waals surface area contributed by atoms with Crippen LogP contribution in [0, 0.1) is 6.92 Å². The summed E-state index contributed by atoms with van der Waals surface area (Å²) < 4.78 is 7.06. The number of imidazole rings is 1. The Morgan fingerprint density at radius 1 is 1.50 bits per heavy atom. The number of fused-ring (bicyclic) bond motifs is 1. The second-order valence-electron chi connectivity index (χ2n) is 3.44. The maximum atomic E-state index is 5.02. The minimum absolute atomic E-state index is 0.725. The Kier molecular flexibility index (Phi) is 2.50. The summed E-state index contributed by atoms with van der Waals surface area (Å²) in [5, 5.41) is 0. The molecular weight excluding hydrogens is 176 g/mol. The van der Waals surface area contributed by atoms with Crippen molar-refractivity contribution in [2.45, 2.75) is 13.3 Å². The number of hydrogen-bond donors (Lipinski definition) is 0. The standard InChI is InChI=1S/C11H14N2O/c1-9-3-5-13-8-10(4-6-14-2)12-11(13)7-9/h3,5,7-8H,4,6H2,1-2H3. The first-order valence-electron chi connectivity index (χ1n) is 4.73. The van der Waals surface area contributed by atoms with E-state index in [4.69, 9.17) is 4.74 Å². The molecule has 0 fully saturated rings. The van der Waals surface area contributed by atoms with E-state index in [2.05, 4.69) is 24.0 Å². The quantitative estimate of drug-likeness (QED) is 0.738. The normalized spacial score (nSPS) is 11.0. The van der Waals surface area contributed by atoms with E-state index < -0.39 is 0 Å². The number of aryl methyl sites for hydroxylation is 1. The predicted octanol–water partition coefficient (Wildman–Crippen LogP) is 1.83. The minimum Gasteiger partial charge on any atom is -0.384 e. The van der Waals surface area contributed by atoms with Gasteiger partial charge in [0.15, 0.2) is 0 Å². The van der Waals surface area contributed by atoms with Crippen molar-refractivity contribution in [1.82, 2.24) is 9.38 Å². The van der Waals surface area contributed by atoms with Gasteiger partial charge in [-0.1, -0.05) is 0 Å². The molecule has 0 aliphatic carbocycles. The van der Waals surface area contributed by atoms with E-state index in [1.54, 1.807) is 7.11 Å². The van der Waals surface area contributed by atoms with Gasteiger partial charge in [-0.15, -0.1) is 0 Å². The molecule has 2 rings (SSSR count). The van der Waals surface area contributed by atoms with Gasteiger partial charge >= 0.3 is 0 Å². The number of aromatic nitrogens is 2. The van der Waals surface area contributed by atoms with Crippen LogP contribution in [0.4, 0.5) is 0 Å². The first kappa shape index (κ1) is 9.21. The third-order valence-corrected chi connectivity index (χ3v) is 2.23. The lowest BCUT2D eigenvalue weighted by molar-refractivity contribution is 0.201. The molecule has 74 valence electrons. The molecular formula is C11H14N2O. The fourth-order valence-electron chi connectivity index (χ4n) is 1.46. The molecule has 2 heterocycles. The van der Waals surface area contributed by atoms with E-state index in [1.807, 2.05) is 16.8 Å². The number of ether oxygens (including phenoxy) is 1. The third-order valence-electron chi connectivity index (χ3n) is 2.23. The summed E-state index contributed by atoms with van der Waals surface area (Å²) in [6.45, 7) is 2.80. The van der Waals surface area contributed by atoms with Crippen LogP contribution in [0.1, 0.15) is 11.3 Å². The van der Waals surface area contributed by atoms with Gasteiger partial charge in [-0.2, -0.15) is 0 Å². The smallest absolute Gasteiger partial charge is 0.137 e. The number of pyridine rings is 1. The summed E-state index contributed by atoms with van der Waals surface area (Å²) in [6.07, 6.45) is 4.96. The topological polar surface area (TPSA) is 26.5 Å². The Labute approximate surface area is 83.3 Å². The van der Waals surface area contributed by atoms with Crippen LogP contribution in [0.3, 0.4) is 0 Å². The maximum Gasteiger partial charge on any atom is 0.137 e. The zero-order valence-electron chi connectivity index (χ0n) is 8.53. The summed E-state index contributed by atoms with van der Waals surface area (Å²) in [7, 11) is 1.71. The Hall–Kier alpha value is -1.35. The second-order valence-corrected chi connectivity index (χ2v) is 3.44. The number of methoxy groups -OCH3 is 1. The molecule has 0 aliphatic rings. The van der Waals surface area contributed by atoms with Crippen LogP contribution in [-0.2, 0) is 11.2 Å². The van der Waals surface area contributed by atoms with Crippen molar-refractivity contribution in [3.05, 3.63) is 35.8 Å². The molecule has 3 nitrogen and oxygen atoms in total. The molecule has 0 saturated carbocycles. The SMILES string of the molecule is COCCc1cn2ccc(C)cc2n1. The Balaban J connectivity index is 2.32. The highest BCUT2D eigenvalue weighted by Crippen LogP contribution is 2.07. The Bertz CT molecular complexity index is 434. The second kappa shape index (κ2) is 3.80. The average molecular weight is 190 g/mol. The van der Waals surface area contributed by atoms with E-state index >= 15 is 0 Å². The molecule has 0 atom stereocenters. The van der Waals surface area contributed by atoms with Crippen LogP contribution in [0.5, 0.6) is 0 Å². The van der Waals surface area contributed by atoms with Crippen LogP contribution in [0.2, 0.25) is 0 Å². The lowest BCUT2D eigenvalue weighted by Gasteiger charge is -1.92. The van der Waals surface area contributed by atoms with Crippen LogP contribution in [0.15, 0.2) is 24.5 Å². The monoisotopic (exact) mass is 190 g/mol. The number of hydrogen-bond acceptors (Lipinski definition) is 2. The van der Waals surface area contributed by atoms with E-state index in [0.717, 1.165) is 24.4 Å². The minimum atomic E-state index is 0.725. The Morgan fingerprint density at radius 3 is 3.14 bits per heavy atom. The Morgan fingerprint density at radius 2 is 2.36 bits per heavy atom. The molecule has 0 amide bonds. The first-order chi connectivity index (χ1) is 6.79. The van der Waals surface area contributed by atoms with Crippen LogP contribution < -0.4 is 0 Å². The van der Waals surface area contributed by atoms with Crippen molar-refractivity contribution in [2.24, 2.45) is 0 Å². The third kappa shape index (κ3) is 1.77. The zero-order chi connectivity index (χ0) is 9.97. The lowest BCUT2D eigenvalue weighted by Crippen LogP contribution is -1.93. The number of nitrogens with zero attached hydrogens (tertiary/aromatic N) is 2. The summed E-state index contributed by atoms with van der Waals surface area (Å²) in [4.78, 5) is 4.49. The maximum absolute atomic E-state index is 5.02. The molecule has 14 heavy (non-hydrogen) atoms. The van der Waals surface area contributed by atoms with Crippen molar-refractivity contribution in [1.29, 1.82) is 0 Å². The van der Waals surface area contributed by atoms with Gasteiger partial charge in [0, 0.05) is 25.9 Å². The molecule has 0 aromatic carbocycles. The van der Waals surface area contributed by atoms with E-state index in [-0.39, 0.29) is 0 Å². The molecule has 0 saturated heterocycles. The molecule has 0 radical (unpaired) electrons. The van der Waals surface area contributed by atoms with Gasteiger partial charge in [0.25, 0.3) is 0 Å². The fraction of sp³-hybridized carbons (Fsp3) is 0.364. The molecule has 0 N–H and O–H groups in total. The summed E-state index contributed by atoms with van der Waals surface area (Å²) in [5.41, 5.74) is 3.33. The highest BCUT2D eigenvalue weighted by molar-refractivity contribution is 5.42. The van der Waals surface area contributed by atoms with E-state index in [1.165, 1.54) is 5.56 Å². The lowest BCUT2D eigenvalue weighted by atomic mass is 10.3. The van der Waals surface area contributed by atoms with Crippen molar-refractivity contribution in [3.8, 4) is 0 Å². The van der Waals surface area contributed by atoms with Gasteiger partial charge < -0.3 is 9.14 Å². The van der Waals surface area contributed by atoms with Crippen molar-refractivity contribution >= 4 is 5.65 Å². The van der Waals surface area contributed by atoms with Crippen molar-refractivity contribution < 1.29 is 4.74 Å². The first-order valence-corrected chi connectivity index (χ1v) is 4.73. The van der Waals surface area contributed by atoms with Gasteiger partial charge in [-0.3, -0.25) is 0 Å². The van der Waals surface area contributed by atoms with Gasteiger partial charge in [0.05, 0.1) is 12.3 Å². The molecule has 2 aromatic rings. The van der Waals surface area contributed by atoms with Gasteiger partial charge in [0.1, 0.15) is 5.65 Å². The van der Waals surface area contributed by atoms with E-state index in [9.17, 15) is 0 Å². The highest BCUT2D eigenvalue weighted by atomic mass is 16.5. The molecule has 0 aliphatic heterocycles. The van der Waals surface area contributed by atoms with Crippen molar-refractivity contribution in [3.63, 3.8) is 0 Å². The predicted molar refractivity (Wildman–Crippen MR) is 55.5 cm³/mol. The molecule has 0 spiro atoms. The largest absolute Gasteiger partial charge is 0.384 e. The van der Waals surface area contributed by atoms with Crippen LogP contribution in [-0.4, -0.2) is 23.1 Å². The molecule has 3 heteroatoms. The van der Waals surface area contributed by atoms with Crippen LogP contribution >= 0.6 is 0 Å². The van der Waals surface area contributed by atoms with Gasteiger partial charge in [0.2, 0.25) is 0 Å². The fourth-order valence-corrected chi connectivity index (χ4v) is 1.46. The van der Waals surface area contributed by atoms with Crippen LogP contribution in [0.25, 0.3) is 5.65 Å². The van der Waals surface area contributed by atoms with Gasteiger partial charge in [-0.05, 0) is 24.6 Å². The summed E-state index contributed by atoms with van der Waals surface area (Å²) in [5.74, 6) is 0. The van der Waals surface area contributed by atoms with Gasteiger partial charge in [-0.25, -0.2) is 4.98 Å². The molecule has 2 aromatic heterocycles. The molecule has 0 bridgehead atoms. The summed E-state index contributed by atoms with van der Waals surface area (Å²) in [6, 6.07) is 4.16. The number of rotatable bonds is 3. The highest BCUT2D eigenvalue weighted by Gasteiger charge is 2.00. The van der Waals surface area contributed by atoms with E-state index in [0.29, 0.717) is 0 Å². The van der Waals surface area contributed by atoms with Crippen molar-refractivity contribution in [2.75, 3.05) is 13.7 Å². The zero-order valence-corrected chi connectivity index (χ0v) is 8.53. The molecule has 0 unspecified atom stereocenters. The summed E-state index contributed by atoms with van der Waals surface area (Å²) >= 11 is 0. The average Bonchev–Trinajstić information content (AvgIpc) is 2.56.